The number of nitrogens with one attached hydrogen (secondary N) is 2. The van der Waals surface area contributed by atoms with Crippen molar-refractivity contribution in [1.82, 2.24) is 4.72 Å². The molecule has 1 heterocycles. The highest BCUT2D eigenvalue weighted by Gasteiger charge is 2.36. The fraction of sp³-hybridized carbons (Fsp3) is 0.333. The number of carbonyl (C=O) groups is 2. The molecular weight excluding hydrogens is 463 g/mol. The molecule has 2 aromatic carbocycles. The van der Waals surface area contributed by atoms with Gasteiger partial charge in [-0.05, 0) is 48.9 Å². The smallest absolute Gasteiger partial charge is 0.402 e. The molecule has 1 aliphatic heterocycles. The van der Waals surface area contributed by atoms with Crippen molar-refractivity contribution in [2.75, 3.05) is 30.4 Å². The summed E-state index contributed by atoms with van der Waals surface area (Å²) in [4.78, 5) is 26.3. The van der Waals surface area contributed by atoms with Crippen LogP contribution in [-0.2, 0) is 19.6 Å². The summed E-state index contributed by atoms with van der Waals surface area (Å²) in [6, 6.07) is 10.1. The summed E-state index contributed by atoms with van der Waals surface area (Å²) in [6.45, 7) is 0.320. The van der Waals surface area contributed by atoms with Gasteiger partial charge in [-0.2, -0.15) is 13.2 Å². The minimum absolute atomic E-state index is 0.0171. The first-order chi connectivity index (χ1) is 15.4. The zero-order valence-corrected chi connectivity index (χ0v) is 18.6. The van der Waals surface area contributed by atoms with Crippen molar-refractivity contribution in [2.24, 2.45) is 5.92 Å². The number of nitrogens with zero attached hydrogens (tertiary/aromatic N) is 1. The van der Waals surface area contributed by atoms with E-state index < -0.39 is 34.6 Å². The predicted octanol–water partition coefficient (Wildman–Crippen LogP) is 2.84. The molecule has 2 amide bonds. The van der Waals surface area contributed by atoms with Crippen LogP contribution in [0.3, 0.4) is 0 Å². The Balaban J connectivity index is 1.66. The number of rotatable bonds is 7. The van der Waals surface area contributed by atoms with Gasteiger partial charge in [-0.3, -0.25) is 9.59 Å². The van der Waals surface area contributed by atoms with E-state index in [1.807, 2.05) is 13.0 Å². The lowest BCUT2D eigenvalue weighted by atomic mass is 10.1. The van der Waals surface area contributed by atoms with Crippen molar-refractivity contribution in [2.45, 2.75) is 24.4 Å². The van der Waals surface area contributed by atoms with Gasteiger partial charge in [0.05, 0.1) is 23.6 Å². The average molecular weight is 485 g/mol. The Labute approximate surface area is 188 Å². The van der Waals surface area contributed by atoms with Crippen molar-refractivity contribution in [3.63, 3.8) is 0 Å². The number of amides is 2. The zero-order chi connectivity index (χ0) is 24.4. The first kappa shape index (κ1) is 24.5. The summed E-state index contributed by atoms with van der Waals surface area (Å²) in [6.07, 6.45) is -4.70. The highest BCUT2D eigenvalue weighted by Crippen LogP contribution is 2.34. The molecule has 1 aliphatic rings. The van der Waals surface area contributed by atoms with E-state index in [1.54, 1.807) is 12.1 Å². The summed E-state index contributed by atoms with van der Waals surface area (Å²) in [5.41, 5.74) is 1.73. The Morgan fingerprint density at radius 2 is 1.85 bits per heavy atom. The Bertz CT molecular complexity index is 1150. The van der Waals surface area contributed by atoms with Crippen LogP contribution in [0.2, 0.25) is 0 Å². The predicted molar refractivity (Wildman–Crippen MR) is 115 cm³/mol. The summed E-state index contributed by atoms with van der Waals surface area (Å²) in [5.74, 6) is -0.829. The number of halogens is 3. The molecule has 1 atom stereocenters. The third kappa shape index (κ3) is 6.02. The van der Waals surface area contributed by atoms with Crippen molar-refractivity contribution in [3.05, 3.63) is 48.0 Å². The van der Waals surface area contributed by atoms with Crippen LogP contribution < -0.4 is 19.7 Å². The van der Waals surface area contributed by atoms with Crippen molar-refractivity contribution < 1.29 is 35.9 Å². The van der Waals surface area contributed by atoms with E-state index in [1.165, 1.54) is 28.9 Å². The van der Waals surface area contributed by atoms with E-state index >= 15 is 0 Å². The number of methoxy groups -OCH3 is 1. The van der Waals surface area contributed by atoms with Crippen LogP contribution in [0.1, 0.15) is 12.0 Å². The molecule has 12 heteroatoms. The molecule has 0 bridgehead atoms. The van der Waals surface area contributed by atoms with Crippen molar-refractivity contribution in [3.8, 4) is 5.75 Å². The van der Waals surface area contributed by atoms with E-state index in [2.05, 4.69) is 5.32 Å². The van der Waals surface area contributed by atoms with E-state index in [0.29, 0.717) is 11.4 Å². The van der Waals surface area contributed by atoms with Gasteiger partial charge in [-0.25, -0.2) is 13.1 Å². The molecule has 33 heavy (non-hydrogen) atoms. The molecule has 1 fully saturated rings. The third-order valence-corrected chi connectivity index (χ3v) is 6.43. The van der Waals surface area contributed by atoms with Crippen LogP contribution in [0.25, 0.3) is 0 Å². The van der Waals surface area contributed by atoms with Crippen LogP contribution in [0.4, 0.5) is 24.5 Å². The zero-order valence-electron chi connectivity index (χ0n) is 17.8. The normalized spacial score (nSPS) is 16.7. The first-order valence-electron chi connectivity index (χ1n) is 9.82. The molecule has 0 radical (unpaired) electrons. The maximum atomic E-state index is 12.7. The highest BCUT2D eigenvalue weighted by atomic mass is 32.2. The van der Waals surface area contributed by atoms with E-state index in [-0.39, 0.29) is 29.5 Å². The molecule has 0 spiro atoms. The fourth-order valence-corrected chi connectivity index (χ4v) is 4.36. The number of anilines is 2. The van der Waals surface area contributed by atoms with Gasteiger partial charge in [-0.15, -0.1) is 0 Å². The van der Waals surface area contributed by atoms with Crippen LogP contribution >= 0.6 is 0 Å². The molecule has 1 saturated heterocycles. The average Bonchev–Trinajstić information content (AvgIpc) is 3.14. The third-order valence-electron chi connectivity index (χ3n) is 5.02. The van der Waals surface area contributed by atoms with Gasteiger partial charge in [0.15, 0.2) is 0 Å². The molecule has 8 nitrogen and oxygen atoms in total. The van der Waals surface area contributed by atoms with Gasteiger partial charge < -0.3 is 15.0 Å². The summed E-state index contributed by atoms with van der Waals surface area (Å²) < 4.78 is 67.5. The topological polar surface area (TPSA) is 105 Å². The van der Waals surface area contributed by atoms with E-state index in [9.17, 15) is 31.2 Å². The molecule has 0 saturated carbocycles. The highest BCUT2D eigenvalue weighted by molar-refractivity contribution is 7.89. The van der Waals surface area contributed by atoms with Gasteiger partial charge in [0, 0.05) is 18.7 Å². The molecule has 1 unspecified atom stereocenters. The molecule has 178 valence electrons. The number of hydrogen-bond donors (Lipinski definition) is 2. The van der Waals surface area contributed by atoms with Gasteiger partial charge >= 0.3 is 6.18 Å². The lowest BCUT2D eigenvalue weighted by Gasteiger charge is -2.20. The van der Waals surface area contributed by atoms with Crippen LogP contribution in [0.5, 0.6) is 5.75 Å². The lowest BCUT2D eigenvalue weighted by Crippen LogP contribution is -2.33. The molecule has 0 aromatic heterocycles. The number of carbonyl (C=O) groups excluding carboxylic acids is 2. The van der Waals surface area contributed by atoms with Crippen LogP contribution in [0.15, 0.2) is 47.4 Å². The number of aryl methyl sites for hydroxylation is 1. The second-order valence-corrected chi connectivity index (χ2v) is 9.30. The Kier molecular flexibility index (Phi) is 6.98. The maximum absolute atomic E-state index is 12.7. The quantitative estimate of drug-likeness (QED) is 0.628. The molecule has 2 aromatic rings. The van der Waals surface area contributed by atoms with Crippen molar-refractivity contribution in [1.29, 1.82) is 0 Å². The van der Waals surface area contributed by atoms with E-state index in [4.69, 9.17) is 4.74 Å². The first-order valence-corrected chi connectivity index (χ1v) is 11.3. The van der Waals surface area contributed by atoms with Gasteiger partial charge in [0.25, 0.3) is 0 Å². The van der Waals surface area contributed by atoms with Gasteiger partial charge in [0.1, 0.15) is 12.3 Å². The Morgan fingerprint density at radius 3 is 2.45 bits per heavy atom. The molecular formula is C21H22F3N3O5S. The SMILES string of the molecule is COc1ccc(C)cc1N1CC(C(=O)Nc2ccc(S(=O)(=O)NCC(F)(F)F)cc2)CC1=O. The Morgan fingerprint density at radius 1 is 1.18 bits per heavy atom. The second kappa shape index (κ2) is 9.40. The summed E-state index contributed by atoms with van der Waals surface area (Å²) in [5, 5.41) is 2.61. The molecule has 3 rings (SSSR count). The van der Waals surface area contributed by atoms with Crippen LogP contribution in [0, 0.1) is 12.8 Å². The summed E-state index contributed by atoms with van der Waals surface area (Å²) in [7, 11) is -2.87. The monoisotopic (exact) mass is 485 g/mol. The minimum atomic E-state index is -4.68. The minimum Gasteiger partial charge on any atom is -0.495 e. The molecule has 0 aliphatic carbocycles. The standard InChI is InChI=1S/C21H22F3N3O5S/c1-13-3-8-18(32-2)17(9-13)27-11-14(10-19(27)28)20(29)26-15-4-6-16(7-5-15)33(30,31)25-12-21(22,23)24/h3-9,14,25H,10-12H2,1-2H3,(H,26,29). The molecule has 2 N–H and O–H groups in total. The Hall–Kier alpha value is -3.12. The largest absolute Gasteiger partial charge is 0.495 e. The lowest BCUT2D eigenvalue weighted by molar-refractivity contribution is -0.122. The number of alkyl halides is 3. The summed E-state index contributed by atoms with van der Waals surface area (Å²) >= 11 is 0. The van der Waals surface area contributed by atoms with E-state index in [0.717, 1.165) is 17.7 Å². The van der Waals surface area contributed by atoms with Crippen LogP contribution in [-0.4, -0.2) is 46.6 Å². The number of ether oxygens (including phenoxy) is 1. The maximum Gasteiger partial charge on any atom is 0.402 e. The number of benzene rings is 2. The fourth-order valence-electron chi connectivity index (χ4n) is 3.35. The number of sulfonamides is 1. The van der Waals surface area contributed by atoms with Gasteiger partial charge in [-0.1, -0.05) is 6.07 Å². The van der Waals surface area contributed by atoms with Gasteiger partial charge in [0.2, 0.25) is 21.8 Å². The number of hydrogen-bond acceptors (Lipinski definition) is 5. The second-order valence-electron chi connectivity index (χ2n) is 7.53. The van der Waals surface area contributed by atoms with Crippen molar-refractivity contribution >= 4 is 33.2 Å².